The summed E-state index contributed by atoms with van der Waals surface area (Å²) in [5.74, 6) is 1.65. The molecule has 0 aliphatic heterocycles. The maximum atomic E-state index is 12.1. The highest BCUT2D eigenvalue weighted by Crippen LogP contribution is 2.60. The number of nitrogens with zero attached hydrogens (tertiary/aromatic N) is 2. The molecule has 186 valence electrons. The van der Waals surface area contributed by atoms with Gasteiger partial charge in [0, 0.05) is 41.6 Å². The zero-order chi connectivity index (χ0) is 24.7. The van der Waals surface area contributed by atoms with Crippen LogP contribution in [0, 0.1) is 5.92 Å². The van der Waals surface area contributed by atoms with Crippen molar-refractivity contribution in [3.8, 4) is 0 Å². The highest BCUT2D eigenvalue weighted by atomic mass is 32.7. The lowest BCUT2D eigenvalue weighted by molar-refractivity contribution is -0.114. The minimum absolute atomic E-state index is 0.0593. The van der Waals surface area contributed by atoms with E-state index in [2.05, 4.69) is 92.4 Å². The van der Waals surface area contributed by atoms with E-state index in [0.717, 1.165) is 5.75 Å². The molecule has 0 rings (SSSR count). The van der Waals surface area contributed by atoms with Crippen molar-refractivity contribution in [2.45, 2.75) is 132 Å². The molecule has 0 unspecified atom stereocenters. The molecule has 0 fully saturated rings. The molecule has 0 spiro atoms. The van der Waals surface area contributed by atoms with Crippen LogP contribution in [-0.4, -0.2) is 61.3 Å². The smallest absolute Gasteiger partial charge is 0.191 e. The molecule has 0 bridgehead atoms. The molecule has 0 saturated carbocycles. The van der Waals surface area contributed by atoms with Gasteiger partial charge in [0.15, 0.2) is 5.12 Å². The molecule has 0 aromatic carbocycles. The predicted molar refractivity (Wildman–Crippen MR) is 145 cm³/mol. The molecule has 31 heavy (non-hydrogen) atoms. The molecule has 0 aromatic heterocycles. The molecular weight excluding hydrogens is 443 g/mol. The van der Waals surface area contributed by atoms with E-state index in [1.165, 1.54) is 11.8 Å². The van der Waals surface area contributed by atoms with Gasteiger partial charge in [-0.05, 0) is 83.1 Å². The highest BCUT2D eigenvalue weighted by molar-refractivity contribution is 8.54. The number of carbonyl (C=O) groups is 1. The quantitative estimate of drug-likeness (QED) is 0.230. The average molecular weight is 495 g/mol. The Hall–Kier alpha value is 0.680. The fourth-order valence-electron chi connectivity index (χ4n) is 3.67. The second-order valence-corrected chi connectivity index (χ2v) is 15.8. The summed E-state index contributed by atoms with van der Waals surface area (Å²) < 4.78 is 11.9. The fraction of sp³-hybridized carbons (Fsp3) is 0.958. The van der Waals surface area contributed by atoms with Crippen molar-refractivity contribution in [1.29, 1.82) is 0 Å². The van der Waals surface area contributed by atoms with Gasteiger partial charge in [0.05, 0.1) is 11.2 Å². The first-order chi connectivity index (χ1) is 13.9. The Morgan fingerprint density at radius 3 is 1.42 bits per heavy atom. The molecule has 0 aromatic rings. The largest absolute Gasteiger partial charge is 0.368 e. The number of hydrogen-bond acceptors (Lipinski definition) is 6. The molecule has 0 aliphatic carbocycles. The van der Waals surface area contributed by atoms with Crippen molar-refractivity contribution in [3.05, 3.63) is 0 Å². The third-order valence-electron chi connectivity index (χ3n) is 4.63. The Kier molecular flexibility index (Phi) is 13.8. The summed E-state index contributed by atoms with van der Waals surface area (Å²) in [6.45, 7) is 31.0. The van der Waals surface area contributed by atoms with Crippen molar-refractivity contribution < 1.29 is 9.53 Å². The Labute approximate surface area is 204 Å². The maximum absolute atomic E-state index is 12.1. The number of carbonyl (C=O) groups excluding carboxylic acids is 1. The number of ether oxygens (including phenoxy) is 1. The zero-order valence-electron chi connectivity index (χ0n) is 22.8. The van der Waals surface area contributed by atoms with E-state index in [1.54, 1.807) is 0 Å². The molecule has 0 atom stereocenters. The van der Waals surface area contributed by atoms with Crippen LogP contribution in [0.5, 0.6) is 0 Å². The lowest BCUT2D eigenvalue weighted by Crippen LogP contribution is -2.43. The van der Waals surface area contributed by atoms with Crippen LogP contribution in [0.25, 0.3) is 0 Å². The predicted octanol–water partition coefficient (Wildman–Crippen LogP) is 7.67. The van der Waals surface area contributed by atoms with Gasteiger partial charge < -0.3 is 4.74 Å². The van der Waals surface area contributed by atoms with Crippen LogP contribution in [0.15, 0.2) is 0 Å². The molecule has 0 saturated heterocycles. The van der Waals surface area contributed by atoms with Gasteiger partial charge in [-0.15, -0.1) is 0 Å². The van der Waals surface area contributed by atoms with E-state index in [0.29, 0.717) is 29.9 Å². The summed E-state index contributed by atoms with van der Waals surface area (Å²) in [6, 6.07) is 1.94. The summed E-state index contributed by atoms with van der Waals surface area (Å²) in [5, 5.41) is 0.237. The van der Waals surface area contributed by atoms with E-state index in [4.69, 9.17) is 4.74 Å². The summed E-state index contributed by atoms with van der Waals surface area (Å²) in [7, 11) is -0.534. The molecule has 0 aliphatic rings. The molecule has 0 N–H and O–H groups in total. The van der Waals surface area contributed by atoms with Crippen LogP contribution < -0.4 is 0 Å². The topological polar surface area (TPSA) is 32.8 Å². The fourth-order valence-corrected chi connectivity index (χ4v) is 11.5. The average Bonchev–Trinajstić information content (AvgIpc) is 2.55. The van der Waals surface area contributed by atoms with Crippen molar-refractivity contribution in [2.24, 2.45) is 5.92 Å². The second kappa shape index (κ2) is 13.5. The van der Waals surface area contributed by atoms with Gasteiger partial charge in [0.2, 0.25) is 0 Å². The third-order valence-corrected chi connectivity index (χ3v) is 12.1. The molecule has 0 amide bonds. The summed E-state index contributed by atoms with van der Waals surface area (Å²) >= 11 is 3.44. The van der Waals surface area contributed by atoms with Crippen molar-refractivity contribution in [2.75, 3.05) is 11.5 Å². The second-order valence-electron chi connectivity index (χ2n) is 11.0. The molecular formula is C24H51N2O2PS2. The molecule has 7 heteroatoms. The van der Waals surface area contributed by atoms with Crippen LogP contribution in [0.2, 0.25) is 0 Å². The zero-order valence-corrected chi connectivity index (χ0v) is 25.3. The standard InChI is InChI=1S/C24H51N2O2PS2/c1-17(2)22(27)30-15-23(11,12)28-24(13,14)16-31-29(25(18(3)4)19(5)6)26(20(7)8)21(9)10/h17-21H,15-16H2,1-14H3. The van der Waals surface area contributed by atoms with Gasteiger partial charge in [0.25, 0.3) is 0 Å². The monoisotopic (exact) mass is 494 g/mol. The number of hydrogen-bond donors (Lipinski definition) is 0. The van der Waals surface area contributed by atoms with Gasteiger partial charge in [0.1, 0.15) is 7.42 Å². The van der Waals surface area contributed by atoms with Gasteiger partial charge in [-0.25, -0.2) is 0 Å². The van der Waals surface area contributed by atoms with Crippen molar-refractivity contribution >= 4 is 35.7 Å². The maximum Gasteiger partial charge on any atom is 0.191 e. The van der Waals surface area contributed by atoms with Crippen LogP contribution >= 0.6 is 30.6 Å². The summed E-state index contributed by atoms with van der Waals surface area (Å²) in [6.07, 6.45) is 0. The van der Waals surface area contributed by atoms with Crippen LogP contribution in [0.1, 0.15) is 96.9 Å². The lowest BCUT2D eigenvalue weighted by Gasteiger charge is -2.47. The van der Waals surface area contributed by atoms with Crippen molar-refractivity contribution in [3.63, 3.8) is 0 Å². The first kappa shape index (κ1) is 31.7. The van der Waals surface area contributed by atoms with E-state index < -0.39 is 7.42 Å². The van der Waals surface area contributed by atoms with Gasteiger partial charge >= 0.3 is 0 Å². The normalized spacial score (nSPS) is 14.0. The van der Waals surface area contributed by atoms with Gasteiger partial charge in [-0.1, -0.05) is 37.0 Å². The number of thioether (sulfide) groups is 1. The van der Waals surface area contributed by atoms with E-state index in [-0.39, 0.29) is 22.2 Å². The molecule has 0 heterocycles. The van der Waals surface area contributed by atoms with Crippen molar-refractivity contribution in [1.82, 2.24) is 9.34 Å². The lowest BCUT2D eigenvalue weighted by atomic mass is 10.1. The van der Waals surface area contributed by atoms with Gasteiger partial charge in [-0.2, -0.15) is 0 Å². The van der Waals surface area contributed by atoms with E-state index in [1.807, 2.05) is 25.2 Å². The molecule has 0 radical (unpaired) electrons. The first-order valence-corrected chi connectivity index (χ1v) is 15.6. The first-order valence-electron chi connectivity index (χ1n) is 11.8. The SMILES string of the molecule is CC(C)C(=O)SCC(C)(C)OC(C)(C)CSP(N(C(C)C)C(C)C)N(C(C)C)C(C)C. The van der Waals surface area contributed by atoms with Crippen LogP contribution in [0.4, 0.5) is 0 Å². The Morgan fingerprint density at radius 2 is 1.10 bits per heavy atom. The summed E-state index contributed by atoms with van der Waals surface area (Å²) in [4.78, 5) is 12.1. The highest BCUT2D eigenvalue weighted by Gasteiger charge is 2.37. The Bertz CT molecular complexity index is 502. The Morgan fingerprint density at radius 1 is 0.742 bits per heavy atom. The third kappa shape index (κ3) is 11.6. The van der Waals surface area contributed by atoms with Crippen LogP contribution in [-0.2, 0) is 9.53 Å². The van der Waals surface area contributed by atoms with E-state index >= 15 is 0 Å². The minimum Gasteiger partial charge on any atom is -0.368 e. The minimum atomic E-state index is -0.534. The Balaban J connectivity index is 5.46. The number of rotatable bonds is 14. The summed E-state index contributed by atoms with van der Waals surface area (Å²) in [5.41, 5.74) is -0.636. The van der Waals surface area contributed by atoms with Crippen LogP contribution in [0.3, 0.4) is 0 Å². The van der Waals surface area contributed by atoms with E-state index in [9.17, 15) is 4.79 Å². The van der Waals surface area contributed by atoms with Gasteiger partial charge in [-0.3, -0.25) is 14.1 Å². The molecule has 4 nitrogen and oxygen atoms in total.